The third kappa shape index (κ3) is 9.84. The SMILES string of the molecule is C=C(F)C(=O)OCOc1ccc(OCOc2ccc(-c3ccc(OC(=O)c4ccc(OCOC(=O)C(=C)F)cc4F)cc3)cc2)c(F)c1. The van der Waals surface area contributed by atoms with Crippen molar-refractivity contribution in [2.24, 2.45) is 0 Å². The Morgan fingerprint density at radius 3 is 1.50 bits per heavy atom. The highest BCUT2D eigenvalue weighted by Gasteiger charge is 2.16. The van der Waals surface area contributed by atoms with Gasteiger partial charge in [-0.05, 0) is 59.7 Å². The lowest BCUT2D eigenvalue weighted by Crippen LogP contribution is -2.12. The Balaban J connectivity index is 1.24. The van der Waals surface area contributed by atoms with Gasteiger partial charge in [-0.3, -0.25) is 0 Å². The standard InChI is InChI=1S/C34H24F4O10/c1-20(35)32(39)46-18-43-26-11-13-28(29(37)15-26)34(41)48-25-9-5-23(6-10-25)22-3-7-24(8-4-22)42-17-45-31-14-12-27(16-30(31)38)44-19-47-33(40)21(2)36/h3-16H,1-2,17-19H2. The largest absolute Gasteiger partial charge is 0.457 e. The Bertz CT molecular complexity index is 1810. The molecule has 0 amide bonds. The van der Waals surface area contributed by atoms with Crippen LogP contribution in [0, 0.1) is 11.6 Å². The van der Waals surface area contributed by atoms with Crippen LogP contribution in [0.25, 0.3) is 11.1 Å². The summed E-state index contributed by atoms with van der Waals surface area (Å²) in [6.45, 7) is 3.90. The Labute approximate surface area is 270 Å². The van der Waals surface area contributed by atoms with E-state index >= 15 is 0 Å². The predicted molar refractivity (Wildman–Crippen MR) is 159 cm³/mol. The molecule has 48 heavy (non-hydrogen) atoms. The van der Waals surface area contributed by atoms with Crippen molar-refractivity contribution in [1.29, 1.82) is 0 Å². The summed E-state index contributed by atoms with van der Waals surface area (Å²) in [7, 11) is 0. The molecule has 10 nitrogen and oxygen atoms in total. The van der Waals surface area contributed by atoms with Crippen molar-refractivity contribution in [1.82, 2.24) is 0 Å². The molecule has 0 saturated carbocycles. The second-order valence-electron chi connectivity index (χ2n) is 9.28. The zero-order valence-corrected chi connectivity index (χ0v) is 24.7. The molecule has 0 heterocycles. The molecule has 0 spiro atoms. The highest BCUT2D eigenvalue weighted by Crippen LogP contribution is 2.27. The fraction of sp³-hybridized carbons (Fsp3) is 0.0882. The van der Waals surface area contributed by atoms with Gasteiger partial charge in [0.15, 0.2) is 11.6 Å². The number of rotatable bonds is 15. The lowest BCUT2D eigenvalue weighted by atomic mass is 10.1. The number of hydrogen-bond donors (Lipinski definition) is 0. The van der Waals surface area contributed by atoms with E-state index in [1.165, 1.54) is 30.3 Å². The van der Waals surface area contributed by atoms with Crippen molar-refractivity contribution >= 4 is 17.9 Å². The van der Waals surface area contributed by atoms with Crippen molar-refractivity contribution in [3.63, 3.8) is 0 Å². The maximum absolute atomic E-state index is 14.5. The van der Waals surface area contributed by atoms with E-state index in [2.05, 4.69) is 22.6 Å². The molecule has 14 heteroatoms. The average Bonchev–Trinajstić information content (AvgIpc) is 3.06. The summed E-state index contributed by atoms with van der Waals surface area (Å²) < 4.78 is 88.9. The predicted octanol–water partition coefficient (Wildman–Crippen LogP) is 6.99. The molecule has 0 unspecified atom stereocenters. The van der Waals surface area contributed by atoms with Gasteiger partial charge < -0.3 is 33.2 Å². The highest BCUT2D eigenvalue weighted by molar-refractivity contribution is 5.91. The second-order valence-corrected chi connectivity index (χ2v) is 9.28. The van der Waals surface area contributed by atoms with E-state index in [1.807, 2.05) is 0 Å². The van der Waals surface area contributed by atoms with E-state index in [1.54, 1.807) is 36.4 Å². The molecular weight excluding hydrogens is 644 g/mol. The van der Waals surface area contributed by atoms with E-state index in [9.17, 15) is 31.9 Å². The summed E-state index contributed by atoms with van der Waals surface area (Å²) in [6, 6.07) is 20.1. The molecule has 0 aliphatic rings. The lowest BCUT2D eigenvalue weighted by molar-refractivity contribution is -0.148. The van der Waals surface area contributed by atoms with Gasteiger partial charge in [0, 0.05) is 12.1 Å². The molecule has 4 rings (SSSR count). The van der Waals surface area contributed by atoms with Crippen LogP contribution in [-0.4, -0.2) is 38.3 Å². The first-order valence-electron chi connectivity index (χ1n) is 13.6. The van der Waals surface area contributed by atoms with Crippen LogP contribution in [0.5, 0.6) is 28.7 Å². The number of esters is 3. The van der Waals surface area contributed by atoms with E-state index in [-0.39, 0.29) is 35.4 Å². The summed E-state index contributed by atoms with van der Waals surface area (Å²) in [5.74, 6) is -7.55. The molecule has 0 fully saturated rings. The maximum Gasteiger partial charge on any atom is 0.369 e. The first kappa shape index (κ1) is 34.6. The second kappa shape index (κ2) is 16.3. The van der Waals surface area contributed by atoms with Crippen LogP contribution in [0.15, 0.2) is 110 Å². The minimum Gasteiger partial charge on any atom is -0.457 e. The minimum atomic E-state index is -1.32. The zero-order chi connectivity index (χ0) is 34.6. The normalized spacial score (nSPS) is 10.3. The van der Waals surface area contributed by atoms with Crippen molar-refractivity contribution < 1.29 is 65.1 Å². The third-order valence-electron chi connectivity index (χ3n) is 6.03. The number of hydrogen-bond acceptors (Lipinski definition) is 10. The average molecular weight is 669 g/mol. The summed E-state index contributed by atoms with van der Waals surface area (Å²) in [6.07, 6.45) is 0. The molecule has 0 aliphatic heterocycles. The van der Waals surface area contributed by atoms with Crippen LogP contribution in [0.1, 0.15) is 10.4 Å². The summed E-state index contributed by atoms with van der Waals surface area (Å²) in [5, 5.41) is 0. The Morgan fingerprint density at radius 1 is 0.542 bits per heavy atom. The molecule has 0 N–H and O–H groups in total. The Hall–Kier alpha value is -6.31. The fourth-order valence-electron chi connectivity index (χ4n) is 3.68. The van der Waals surface area contributed by atoms with E-state index in [0.717, 1.165) is 29.3 Å². The van der Waals surface area contributed by atoms with Gasteiger partial charge in [0.1, 0.15) is 28.8 Å². The number of halogens is 4. The third-order valence-corrected chi connectivity index (χ3v) is 6.03. The lowest BCUT2D eigenvalue weighted by Gasteiger charge is -2.11. The van der Waals surface area contributed by atoms with Crippen LogP contribution in [0.4, 0.5) is 17.6 Å². The first-order valence-corrected chi connectivity index (χ1v) is 13.6. The molecule has 0 saturated heterocycles. The molecule has 248 valence electrons. The number of carbonyl (C=O) groups excluding carboxylic acids is 3. The van der Waals surface area contributed by atoms with Gasteiger partial charge in [0.25, 0.3) is 0 Å². The number of benzene rings is 4. The summed E-state index contributed by atoms with van der Waals surface area (Å²) >= 11 is 0. The van der Waals surface area contributed by atoms with Gasteiger partial charge in [-0.15, -0.1) is 0 Å². The van der Waals surface area contributed by atoms with Crippen molar-refractivity contribution in [2.45, 2.75) is 0 Å². The van der Waals surface area contributed by atoms with Gasteiger partial charge >= 0.3 is 17.9 Å². The molecule has 0 radical (unpaired) electrons. The van der Waals surface area contributed by atoms with Crippen LogP contribution >= 0.6 is 0 Å². The van der Waals surface area contributed by atoms with E-state index in [0.29, 0.717) is 5.75 Å². The molecule has 0 bridgehead atoms. The van der Waals surface area contributed by atoms with Crippen LogP contribution in [0.2, 0.25) is 0 Å². The summed E-state index contributed by atoms with van der Waals surface area (Å²) in [4.78, 5) is 34.5. The summed E-state index contributed by atoms with van der Waals surface area (Å²) in [5.41, 5.74) is 1.17. The van der Waals surface area contributed by atoms with Crippen molar-refractivity contribution in [3.8, 4) is 39.9 Å². The smallest absolute Gasteiger partial charge is 0.369 e. The van der Waals surface area contributed by atoms with Gasteiger partial charge in [0.05, 0.1) is 5.56 Å². The Morgan fingerprint density at radius 2 is 1.00 bits per heavy atom. The topological polar surface area (TPSA) is 116 Å². The van der Waals surface area contributed by atoms with Gasteiger partial charge in [-0.2, -0.15) is 8.78 Å². The minimum absolute atomic E-state index is 0.0127. The molecule has 0 aromatic heterocycles. The molecule has 0 atom stereocenters. The van der Waals surface area contributed by atoms with Crippen molar-refractivity contribution in [2.75, 3.05) is 20.4 Å². The number of carbonyl (C=O) groups is 3. The van der Waals surface area contributed by atoms with Gasteiger partial charge in [-0.25, -0.2) is 23.2 Å². The van der Waals surface area contributed by atoms with E-state index < -0.39 is 54.8 Å². The first-order chi connectivity index (χ1) is 23.0. The Kier molecular flexibility index (Phi) is 11.7. The van der Waals surface area contributed by atoms with Gasteiger partial charge in [0.2, 0.25) is 32.0 Å². The zero-order valence-electron chi connectivity index (χ0n) is 24.7. The van der Waals surface area contributed by atoms with E-state index in [4.69, 9.17) is 23.7 Å². The van der Waals surface area contributed by atoms with Crippen LogP contribution in [0.3, 0.4) is 0 Å². The quantitative estimate of drug-likeness (QED) is 0.0432. The van der Waals surface area contributed by atoms with Gasteiger partial charge in [-0.1, -0.05) is 37.4 Å². The fourth-order valence-corrected chi connectivity index (χ4v) is 3.68. The number of ether oxygens (including phenoxy) is 7. The molecule has 0 aliphatic carbocycles. The maximum atomic E-state index is 14.5. The highest BCUT2D eigenvalue weighted by atomic mass is 19.1. The van der Waals surface area contributed by atoms with Crippen LogP contribution in [-0.2, 0) is 19.1 Å². The monoisotopic (exact) mass is 668 g/mol. The molecule has 4 aromatic carbocycles. The molecular formula is C34H24F4O10. The van der Waals surface area contributed by atoms with Crippen molar-refractivity contribution in [3.05, 3.63) is 127 Å². The molecule has 4 aromatic rings. The van der Waals surface area contributed by atoms with Crippen LogP contribution < -0.4 is 23.7 Å².